The third-order valence-electron chi connectivity index (χ3n) is 4.26. The van der Waals surface area contributed by atoms with Gasteiger partial charge in [0.1, 0.15) is 18.1 Å². The van der Waals surface area contributed by atoms with Gasteiger partial charge in [-0.25, -0.2) is 8.78 Å². The summed E-state index contributed by atoms with van der Waals surface area (Å²) in [5.41, 5.74) is 2.56. The van der Waals surface area contributed by atoms with Crippen LogP contribution < -0.4 is 9.64 Å². The summed E-state index contributed by atoms with van der Waals surface area (Å²) >= 11 is 0. The van der Waals surface area contributed by atoms with E-state index in [-0.39, 0.29) is 17.4 Å². The number of anilines is 1. The van der Waals surface area contributed by atoms with Gasteiger partial charge in [0, 0.05) is 44.1 Å². The van der Waals surface area contributed by atoms with Crippen molar-refractivity contribution in [3.8, 4) is 5.75 Å². The number of benzene rings is 1. The second-order valence-corrected chi connectivity index (χ2v) is 6.20. The topological polar surface area (TPSA) is 45.7 Å². The fourth-order valence-corrected chi connectivity index (χ4v) is 2.93. The van der Waals surface area contributed by atoms with Crippen molar-refractivity contribution in [2.75, 3.05) is 37.7 Å². The van der Waals surface area contributed by atoms with Crippen LogP contribution in [0.5, 0.6) is 5.75 Å². The summed E-state index contributed by atoms with van der Waals surface area (Å²) in [6.45, 7) is 3.98. The Bertz CT molecular complexity index is 762. The summed E-state index contributed by atoms with van der Waals surface area (Å²) in [6.07, 6.45) is -1.16. The van der Waals surface area contributed by atoms with Crippen LogP contribution in [0.4, 0.5) is 14.5 Å². The van der Waals surface area contributed by atoms with E-state index < -0.39 is 13.0 Å². The molecule has 1 aromatic carbocycles. The number of hydrogen-bond donors (Lipinski definition) is 0. The highest BCUT2D eigenvalue weighted by Gasteiger charge is 2.23. The van der Waals surface area contributed by atoms with E-state index in [9.17, 15) is 13.6 Å². The number of hydrogen-bond acceptors (Lipinski definition) is 4. The summed E-state index contributed by atoms with van der Waals surface area (Å²) in [7, 11) is 0. The fraction of sp³-hybridized carbons (Fsp3) is 0.368. The van der Waals surface area contributed by atoms with E-state index in [0.717, 1.165) is 18.8 Å². The Kier molecular flexibility index (Phi) is 5.65. The average Bonchev–Trinajstić information content (AvgIpc) is 2.66. The predicted molar refractivity (Wildman–Crippen MR) is 95.0 cm³/mol. The van der Waals surface area contributed by atoms with Crippen LogP contribution in [0, 0.1) is 6.92 Å². The second kappa shape index (κ2) is 8.12. The molecule has 1 aliphatic rings. The first-order valence-corrected chi connectivity index (χ1v) is 8.51. The molecule has 0 radical (unpaired) electrons. The summed E-state index contributed by atoms with van der Waals surface area (Å²) in [5, 5.41) is 0. The Morgan fingerprint density at radius 3 is 2.65 bits per heavy atom. The second-order valence-electron chi connectivity index (χ2n) is 6.20. The summed E-state index contributed by atoms with van der Waals surface area (Å²) in [6, 6.07) is 11.2. The molecule has 0 atom stereocenters. The number of aromatic nitrogens is 1. The molecule has 0 aliphatic carbocycles. The van der Waals surface area contributed by atoms with E-state index in [1.54, 1.807) is 4.90 Å². The average molecular weight is 361 g/mol. The first-order chi connectivity index (χ1) is 12.5. The first-order valence-electron chi connectivity index (χ1n) is 8.51. The smallest absolute Gasteiger partial charge is 0.272 e. The number of piperazine rings is 1. The lowest BCUT2D eigenvalue weighted by Crippen LogP contribution is -2.49. The maximum atomic E-state index is 12.6. The Hall–Kier alpha value is -2.70. The highest BCUT2D eigenvalue weighted by atomic mass is 19.3. The molecule has 26 heavy (non-hydrogen) atoms. The molecule has 1 fully saturated rings. The van der Waals surface area contributed by atoms with Gasteiger partial charge in [0.25, 0.3) is 12.3 Å². The minimum Gasteiger partial charge on any atom is -0.488 e. The van der Waals surface area contributed by atoms with Gasteiger partial charge < -0.3 is 14.5 Å². The normalized spacial score (nSPS) is 14.6. The molecule has 2 aromatic rings. The number of pyridine rings is 1. The lowest BCUT2D eigenvalue weighted by atomic mass is 10.2. The van der Waals surface area contributed by atoms with Crippen LogP contribution in [-0.4, -0.2) is 55.0 Å². The zero-order valence-corrected chi connectivity index (χ0v) is 14.6. The number of ether oxygens (including phenoxy) is 1. The van der Waals surface area contributed by atoms with Crippen LogP contribution in [0.25, 0.3) is 0 Å². The monoisotopic (exact) mass is 361 g/mol. The SMILES string of the molecule is Cc1cccc(N2CCN(C(=O)c3cc(OCC(F)F)ccn3)CC2)c1. The number of halogens is 2. The Labute approximate surface area is 151 Å². The van der Waals surface area contributed by atoms with Crippen molar-refractivity contribution in [3.63, 3.8) is 0 Å². The van der Waals surface area contributed by atoms with Gasteiger partial charge in [-0.1, -0.05) is 12.1 Å². The van der Waals surface area contributed by atoms with Crippen LogP contribution in [0.15, 0.2) is 42.6 Å². The molecular formula is C19H21F2N3O2. The molecule has 1 saturated heterocycles. The molecule has 0 spiro atoms. The van der Waals surface area contributed by atoms with Crippen molar-refractivity contribution in [2.45, 2.75) is 13.3 Å². The van der Waals surface area contributed by atoms with E-state index >= 15 is 0 Å². The Balaban J connectivity index is 1.60. The van der Waals surface area contributed by atoms with E-state index in [4.69, 9.17) is 4.74 Å². The molecule has 1 aliphatic heterocycles. The minimum absolute atomic E-state index is 0.209. The highest BCUT2D eigenvalue weighted by Crippen LogP contribution is 2.19. The zero-order chi connectivity index (χ0) is 18.5. The molecule has 138 valence electrons. The largest absolute Gasteiger partial charge is 0.488 e. The van der Waals surface area contributed by atoms with Crippen LogP contribution in [0.1, 0.15) is 16.1 Å². The van der Waals surface area contributed by atoms with Crippen molar-refractivity contribution in [3.05, 3.63) is 53.9 Å². The van der Waals surface area contributed by atoms with Crippen molar-refractivity contribution in [1.29, 1.82) is 0 Å². The van der Waals surface area contributed by atoms with E-state index in [2.05, 4.69) is 35.0 Å². The number of nitrogens with zero attached hydrogens (tertiary/aromatic N) is 3. The maximum Gasteiger partial charge on any atom is 0.272 e. The molecule has 7 heteroatoms. The minimum atomic E-state index is -2.56. The Morgan fingerprint density at radius 1 is 1.19 bits per heavy atom. The van der Waals surface area contributed by atoms with E-state index in [0.29, 0.717) is 13.1 Å². The summed E-state index contributed by atoms with van der Waals surface area (Å²) < 4.78 is 29.5. The number of carbonyl (C=O) groups is 1. The molecule has 0 N–H and O–H groups in total. The van der Waals surface area contributed by atoms with Gasteiger partial charge in [0.15, 0.2) is 0 Å². The lowest BCUT2D eigenvalue weighted by molar-refractivity contribution is 0.0737. The van der Waals surface area contributed by atoms with Gasteiger partial charge in [-0.3, -0.25) is 9.78 Å². The van der Waals surface area contributed by atoms with Crippen molar-refractivity contribution in [1.82, 2.24) is 9.88 Å². The van der Waals surface area contributed by atoms with Gasteiger partial charge >= 0.3 is 0 Å². The highest BCUT2D eigenvalue weighted by molar-refractivity contribution is 5.92. The molecule has 2 heterocycles. The molecule has 0 saturated carbocycles. The van der Waals surface area contributed by atoms with Gasteiger partial charge in [0.2, 0.25) is 0 Å². The lowest BCUT2D eigenvalue weighted by Gasteiger charge is -2.36. The van der Waals surface area contributed by atoms with Crippen molar-refractivity contribution in [2.24, 2.45) is 0 Å². The quantitative estimate of drug-likeness (QED) is 0.821. The van der Waals surface area contributed by atoms with Gasteiger partial charge in [-0.05, 0) is 30.7 Å². The Morgan fingerprint density at radius 2 is 1.96 bits per heavy atom. The molecule has 0 unspecified atom stereocenters. The fourth-order valence-electron chi connectivity index (χ4n) is 2.93. The van der Waals surface area contributed by atoms with Crippen LogP contribution in [0.3, 0.4) is 0 Å². The third-order valence-corrected chi connectivity index (χ3v) is 4.26. The number of carbonyl (C=O) groups excluding carboxylic acids is 1. The van der Waals surface area contributed by atoms with E-state index in [1.807, 2.05) is 6.07 Å². The molecule has 3 rings (SSSR count). The van der Waals surface area contributed by atoms with Crippen LogP contribution in [-0.2, 0) is 0 Å². The summed E-state index contributed by atoms with van der Waals surface area (Å²) in [5.74, 6) is 0.0124. The number of rotatable bonds is 5. The van der Waals surface area contributed by atoms with E-state index in [1.165, 1.54) is 23.9 Å². The van der Waals surface area contributed by atoms with Gasteiger partial charge in [-0.2, -0.15) is 0 Å². The first kappa shape index (κ1) is 18.1. The van der Waals surface area contributed by atoms with Crippen LogP contribution in [0.2, 0.25) is 0 Å². The van der Waals surface area contributed by atoms with Gasteiger partial charge in [0.05, 0.1) is 0 Å². The summed E-state index contributed by atoms with van der Waals surface area (Å²) in [4.78, 5) is 20.7. The standard InChI is InChI=1S/C19H21F2N3O2/c1-14-3-2-4-15(11-14)23-7-9-24(10-8-23)19(25)17-12-16(5-6-22-17)26-13-18(20)21/h2-6,11-12,18H,7-10,13H2,1H3. The number of amides is 1. The van der Waals surface area contributed by atoms with Crippen molar-refractivity contribution < 1.29 is 18.3 Å². The maximum absolute atomic E-state index is 12.6. The number of alkyl halides is 2. The third kappa shape index (κ3) is 4.47. The van der Waals surface area contributed by atoms with Gasteiger partial charge in [-0.15, -0.1) is 0 Å². The van der Waals surface area contributed by atoms with Crippen molar-refractivity contribution >= 4 is 11.6 Å². The predicted octanol–water partition coefficient (Wildman–Crippen LogP) is 3.00. The molecule has 1 amide bonds. The van der Waals surface area contributed by atoms with Crippen LogP contribution >= 0.6 is 0 Å². The molecule has 1 aromatic heterocycles. The molecule has 5 nitrogen and oxygen atoms in total. The zero-order valence-electron chi connectivity index (χ0n) is 14.6. The number of aryl methyl sites for hydroxylation is 1. The molecular weight excluding hydrogens is 340 g/mol. The molecule has 0 bridgehead atoms.